The van der Waals surface area contributed by atoms with Gasteiger partial charge in [-0.1, -0.05) is 41.9 Å². The normalized spacial score (nSPS) is 11.3. The predicted octanol–water partition coefficient (Wildman–Crippen LogP) is 4.81. The summed E-state index contributed by atoms with van der Waals surface area (Å²) in [6.45, 7) is 5.93. The van der Waals surface area contributed by atoms with Gasteiger partial charge in [-0.05, 0) is 68.0 Å². The summed E-state index contributed by atoms with van der Waals surface area (Å²) in [5.41, 5.74) is 4.95. The van der Waals surface area contributed by atoms with E-state index in [4.69, 9.17) is 11.6 Å². The quantitative estimate of drug-likeness (QED) is 0.228. The molecule has 0 heterocycles. The molecule has 3 rings (SSSR count). The number of anilines is 1. The number of aromatic hydroxyl groups is 1. The molecule has 3 aromatic carbocycles. The zero-order chi connectivity index (χ0) is 25.2. The highest BCUT2D eigenvalue weighted by Gasteiger charge is 2.14. The van der Waals surface area contributed by atoms with Crippen molar-refractivity contribution in [2.24, 2.45) is 5.10 Å². The Morgan fingerprint density at radius 3 is 2.34 bits per heavy atom. The van der Waals surface area contributed by atoms with Gasteiger partial charge in [0.1, 0.15) is 11.4 Å². The first-order chi connectivity index (χ1) is 16.9. The number of nitrogens with zero attached hydrogens (tertiary/aromatic N) is 2. The Labute approximate surface area is 209 Å². The lowest BCUT2D eigenvalue weighted by Crippen LogP contribution is -2.32. The maximum Gasteiger partial charge on any atom is 0.287 e. The summed E-state index contributed by atoms with van der Waals surface area (Å²) in [5.74, 6) is -1.09. The summed E-state index contributed by atoms with van der Waals surface area (Å²) in [5, 5.41) is 16.9. The lowest BCUT2D eigenvalue weighted by atomic mass is 10.1. The van der Waals surface area contributed by atoms with Crippen molar-refractivity contribution in [1.82, 2.24) is 10.7 Å². The van der Waals surface area contributed by atoms with Crippen molar-refractivity contribution in [2.45, 2.75) is 13.8 Å². The number of benzene rings is 3. The van der Waals surface area contributed by atoms with Gasteiger partial charge >= 0.3 is 0 Å². The van der Waals surface area contributed by atoms with Crippen LogP contribution in [0, 0.1) is 0 Å². The zero-order valence-corrected chi connectivity index (χ0v) is 20.3. The largest absolute Gasteiger partial charge is 0.507 e. The van der Waals surface area contributed by atoms with E-state index in [1.165, 1.54) is 24.4 Å². The van der Waals surface area contributed by atoms with Crippen molar-refractivity contribution in [3.63, 3.8) is 0 Å². The van der Waals surface area contributed by atoms with Crippen molar-refractivity contribution >= 4 is 41.4 Å². The number of hydrazone groups is 1. The third-order valence-electron chi connectivity index (χ3n) is 5.22. The number of amides is 2. The Morgan fingerprint density at radius 1 is 1.00 bits per heavy atom. The molecule has 0 bridgehead atoms. The lowest BCUT2D eigenvalue weighted by molar-refractivity contribution is -0.117. The molecular weight excluding hydrogens is 464 g/mol. The number of phenols is 1. The fourth-order valence-electron chi connectivity index (χ4n) is 3.33. The van der Waals surface area contributed by atoms with Crippen LogP contribution < -0.4 is 15.6 Å². The number of nitrogens with one attached hydrogen (secondary N) is 2. The number of rotatable bonds is 9. The molecule has 0 saturated carbocycles. The molecule has 0 aromatic heterocycles. The Balaban J connectivity index is 1.84. The number of halogens is 1. The van der Waals surface area contributed by atoms with Crippen LogP contribution in [0.3, 0.4) is 0 Å². The van der Waals surface area contributed by atoms with Gasteiger partial charge in [-0.2, -0.15) is 5.10 Å². The molecule has 7 nitrogen and oxygen atoms in total. The number of hydrogen-bond acceptors (Lipinski definition) is 5. The maximum atomic E-state index is 12.9. The summed E-state index contributed by atoms with van der Waals surface area (Å²) in [6.07, 6.45) is 2.85. The summed E-state index contributed by atoms with van der Waals surface area (Å²) < 4.78 is 0. The first kappa shape index (κ1) is 25.5. The number of carbonyl (C=O) groups is 2. The highest BCUT2D eigenvalue weighted by atomic mass is 35.5. The van der Waals surface area contributed by atoms with E-state index in [9.17, 15) is 14.7 Å². The van der Waals surface area contributed by atoms with Gasteiger partial charge in [0.25, 0.3) is 11.8 Å². The van der Waals surface area contributed by atoms with E-state index in [0.717, 1.165) is 24.3 Å². The van der Waals surface area contributed by atoms with E-state index >= 15 is 0 Å². The molecule has 0 aliphatic rings. The third-order valence-corrected chi connectivity index (χ3v) is 5.46. The molecule has 0 atom stereocenters. The Hall–Kier alpha value is -4.10. The molecule has 3 N–H and O–H groups in total. The molecule has 180 valence electrons. The summed E-state index contributed by atoms with van der Waals surface area (Å²) in [4.78, 5) is 27.8. The van der Waals surface area contributed by atoms with E-state index in [1.54, 1.807) is 36.4 Å². The summed E-state index contributed by atoms with van der Waals surface area (Å²) in [7, 11) is 0. The van der Waals surface area contributed by atoms with Gasteiger partial charge in [-0.3, -0.25) is 9.59 Å². The van der Waals surface area contributed by atoms with Gasteiger partial charge in [0.15, 0.2) is 0 Å². The van der Waals surface area contributed by atoms with E-state index in [-0.39, 0.29) is 11.4 Å². The van der Waals surface area contributed by atoms with Crippen molar-refractivity contribution in [3.05, 3.63) is 100 Å². The lowest BCUT2D eigenvalue weighted by Gasteiger charge is -2.20. The van der Waals surface area contributed by atoms with Crippen molar-refractivity contribution < 1.29 is 14.7 Å². The molecular formula is C27H27ClN4O3. The molecule has 0 aliphatic carbocycles. The molecule has 8 heteroatoms. The minimum absolute atomic E-state index is 0.0157. The van der Waals surface area contributed by atoms with Crippen molar-refractivity contribution in [3.8, 4) is 5.75 Å². The molecule has 0 spiro atoms. The smallest absolute Gasteiger partial charge is 0.287 e. The van der Waals surface area contributed by atoms with Gasteiger partial charge in [0.2, 0.25) is 0 Å². The SMILES string of the molecule is CCN(CC)c1ccc(C=C(NC(=O)c2ccccc2)C(=O)NN=Cc2cc(Cl)ccc2O)cc1. The van der Waals surface area contributed by atoms with Crippen LogP contribution in [0.2, 0.25) is 5.02 Å². The van der Waals surface area contributed by atoms with Gasteiger partial charge in [-0.15, -0.1) is 0 Å². The van der Waals surface area contributed by atoms with E-state index in [0.29, 0.717) is 16.1 Å². The Morgan fingerprint density at radius 2 is 1.69 bits per heavy atom. The van der Waals surface area contributed by atoms with Crippen molar-refractivity contribution in [1.29, 1.82) is 0 Å². The van der Waals surface area contributed by atoms with Crippen LogP contribution in [0.15, 0.2) is 83.6 Å². The highest BCUT2D eigenvalue weighted by Crippen LogP contribution is 2.20. The first-order valence-corrected chi connectivity index (χ1v) is 11.5. The van der Waals surface area contributed by atoms with Crippen LogP contribution in [-0.4, -0.2) is 36.2 Å². The van der Waals surface area contributed by atoms with Crippen LogP contribution in [0.1, 0.15) is 35.3 Å². The standard InChI is InChI=1S/C27H27ClN4O3/c1-3-32(4-2)23-13-10-19(11-14-23)16-24(30-26(34)20-8-6-5-7-9-20)27(35)31-29-18-21-17-22(28)12-15-25(21)33/h5-18,33H,3-4H2,1-2H3,(H,30,34)(H,31,35). The monoisotopic (exact) mass is 490 g/mol. The Kier molecular flexibility index (Phi) is 9.03. The maximum absolute atomic E-state index is 12.9. The number of phenolic OH excluding ortho intramolecular Hbond substituents is 1. The minimum Gasteiger partial charge on any atom is -0.507 e. The van der Waals surface area contributed by atoms with Crippen molar-refractivity contribution in [2.75, 3.05) is 18.0 Å². The second-order valence-corrected chi connectivity index (χ2v) is 7.98. The summed E-state index contributed by atoms with van der Waals surface area (Å²) in [6, 6.07) is 20.8. The number of hydrogen-bond donors (Lipinski definition) is 3. The molecule has 2 amide bonds. The van der Waals surface area contributed by atoms with Gasteiger partial charge in [-0.25, -0.2) is 5.43 Å². The zero-order valence-electron chi connectivity index (χ0n) is 19.5. The van der Waals surface area contributed by atoms with Crippen LogP contribution in [-0.2, 0) is 4.79 Å². The average molecular weight is 491 g/mol. The van der Waals surface area contributed by atoms with Crippen LogP contribution in [0.4, 0.5) is 5.69 Å². The van der Waals surface area contributed by atoms with Crippen LogP contribution in [0.5, 0.6) is 5.75 Å². The third kappa shape index (κ3) is 7.19. The fraction of sp³-hybridized carbons (Fsp3) is 0.148. The predicted molar refractivity (Wildman–Crippen MR) is 141 cm³/mol. The van der Waals surface area contributed by atoms with Gasteiger partial charge in [0.05, 0.1) is 6.21 Å². The van der Waals surface area contributed by atoms with Gasteiger partial charge < -0.3 is 15.3 Å². The molecule has 0 unspecified atom stereocenters. The second kappa shape index (κ2) is 12.4. The van der Waals surface area contributed by atoms with Crippen LogP contribution in [0.25, 0.3) is 6.08 Å². The molecule has 0 saturated heterocycles. The highest BCUT2D eigenvalue weighted by molar-refractivity contribution is 6.30. The molecule has 0 aliphatic heterocycles. The first-order valence-electron chi connectivity index (χ1n) is 11.2. The average Bonchev–Trinajstić information content (AvgIpc) is 2.87. The van der Waals surface area contributed by atoms with Gasteiger partial charge in [0, 0.05) is 34.9 Å². The van der Waals surface area contributed by atoms with E-state index in [1.807, 2.05) is 24.3 Å². The molecule has 35 heavy (non-hydrogen) atoms. The molecule has 0 fully saturated rings. The number of carbonyl (C=O) groups excluding carboxylic acids is 2. The fourth-order valence-corrected chi connectivity index (χ4v) is 3.51. The topological polar surface area (TPSA) is 94.0 Å². The van der Waals surface area contributed by atoms with E-state index < -0.39 is 11.8 Å². The molecule has 3 aromatic rings. The second-order valence-electron chi connectivity index (χ2n) is 7.54. The summed E-state index contributed by atoms with van der Waals surface area (Å²) >= 11 is 5.94. The van der Waals surface area contributed by atoms with E-state index in [2.05, 4.69) is 34.6 Å². The molecule has 0 radical (unpaired) electrons. The van der Waals surface area contributed by atoms with Crippen LogP contribution >= 0.6 is 11.6 Å². The minimum atomic E-state index is -0.625. The Bertz CT molecular complexity index is 1220.